The SMILES string of the molecule is CCn1nc(C)cc1C(=O)Nc1nc2cc(C(N)=O)cc(OCCCNC(=O)[C@@H](N)CC(=O)OC)c2n1C/C=C/Cn1c2nc(-c3cc(C)nn3CC)ncc2c2cc(C(N)=O)cc(OCCCOC)c21. The number of benzene rings is 2. The fourth-order valence-electron chi connectivity index (χ4n) is 8.07. The Balaban J connectivity index is 1.28. The number of carbonyl (C=O) groups is 5. The lowest BCUT2D eigenvalue weighted by Crippen LogP contribution is -2.42. The van der Waals surface area contributed by atoms with Gasteiger partial charge < -0.3 is 50.6 Å². The number of nitrogens with zero attached hydrogens (tertiary/aromatic N) is 9. The summed E-state index contributed by atoms with van der Waals surface area (Å²) in [6, 6.07) is 8.84. The second kappa shape index (κ2) is 22.5. The summed E-state index contributed by atoms with van der Waals surface area (Å²) >= 11 is 0. The van der Waals surface area contributed by atoms with Crippen LogP contribution in [0.5, 0.6) is 11.5 Å². The molecule has 0 bridgehead atoms. The second-order valence-corrected chi connectivity index (χ2v) is 16.5. The highest BCUT2D eigenvalue weighted by atomic mass is 16.5. The molecule has 8 N–H and O–H groups in total. The number of anilines is 1. The third-order valence-corrected chi connectivity index (χ3v) is 11.4. The number of hydrogen-bond acceptors (Lipinski definition) is 15. The van der Waals surface area contributed by atoms with Gasteiger partial charge in [-0.3, -0.25) is 38.7 Å². The average molecular weight is 975 g/mol. The van der Waals surface area contributed by atoms with Crippen LogP contribution in [0.1, 0.15) is 75.7 Å². The number of methoxy groups -OCH3 is 2. The van der Waals surface area contributed by atoms with Gasteiger partial charge in [0.15, 0.2) is 5.82 Å². The molecule has 0 spiro atoms. The maximum atomic E-state index is 13.9. The van der Waals surface area contributed by atoms with Crippen LogP contribution in [-0.2, 0) is 45.2 Å². The van der Waals surface area contributed by atoms with Gasteiger partial charge in [-0.05, 0) is 70.5 Å². The van der Waals surface area contributed by atoms with Gasteiger partial charge in [0.05, 0.1) is 55.2 Å². The van der Waals surface area contributed by atoms with Crippen molar-refractivity contribution in [2.75, 3.05) is 45.9 Å². The van der Waals surface area contributed by atoms with Gasteiger partial charge in [0, 0.05) is 81.0 Å². The predicted molar refractivity (Wildman–Crippen MR) is 263 cm³/mol. The third-order valence-electron chi connectivity index (χ3n) is 11.4. The van der Waals surface area contributed by atoms with Crippen LogP contribution in [0.4, 0.5) is 5.95 Å². The molecule has 7 aromatic rings. The summed E-state index contributed by atoms with van der Waals surface area (Å²) in [7, 11) is 2.82. The van der Waals surface area contributed by atoms with Gasteiger partial charge in [-0.2, -0.15) is 10.2 Å². The minimum absolute atomic E-state index is 0.0606. The van der Waals surface area contributed by atoms with Crippen LogP contribution in [0.3, 0.4) is 0 Å². The first kappa shape index (κ1) is 50.7. The number of fused-ring (bicyclic) bond motifs is 4. The van der Waals surface area contributed by atoms with E-state index in [0.29, 0.717) is 88.5 Å². The smallest absolute Gasteiger partial charge is 0.307 e. The number of aryl methyl sites for hydroxylation is 4. The Morgan fingerprint density at radius 3 is 2.08 bits per heavy atom. The molecule has 0 saturated carbocycles. The zero-order valence-corrected chi connectivity index (χ0v) is 40.5. The highest BCUT2D eigenvalue weighted by molar-refractivity contribution is 6.12. The van der Waals surface area contributed by atoms with Gasteiger partial charge >= 0.3 is 5.97 Å². The molecule has 5 heterocycles. The molecule has 0 unspecified atom stereocenters. The Bertz CT molecular complexity index is 3160. The van der Waals surface area contributed by atoms with E-state index >= 15 is 0 Å². The van der Waals surface area contributed by atoms with Gasteiger partial charge in [0.1, 0.15) is 34.1 Å². The van der Waals surface area contributed by atoms with Crippen molar-refractivity contribution >= 4 is 68.5 Å². The van der Waals surface area contributed by atoms with Gasteiger partial charge in [-0.15, -0.1) is 0 Å². The van der Waals surface area contributed by atoms with Gasteiger partial charge in [0.25, 0.3) is 5.91 Å². The van der Waals surface area contributed by atoms with Crippen molar-refractivity contribution in [1.82, 2.24) is 49.0 Å². The van der Waals surface area contributed by atoms with E-state index in [9.17, 15) is 24.0 Å². The number of primary amides is 2. The molecule has 7 rings (SSSR count). The van der Waals surface area contributed by atoms with E-state index in [4.69, 9.17) is 46.4 Å². The molecule has 0 fully saturated rings. The van der Waals surface area contributed by atoms with Gasteiger partial charge in [0.2, 0.25) is 23.7 Å². The monoisotopic (exact) mass is 974 g/mol. The van der Waals surface area contributed by atoms with E-state index in [1.54, 1.807) is 47.7 Å². The van der Waals surface area contributed by atoms with E-state index in [2.05, 4.69) is 25.6 Å². The van der Waals surface area contributed by atoms with Crippen LogP contribution in [0.15, 0.2) is 54.7 Å². The molecular formula is C48H58N14O9. The normalized spacial score (nSPS) is 12.0. The lowest BCUT2D eigenvalue weighted by atomic mass is 10.1. The summed E-state index contributed by atoms with van der Waals surface area (Å²) < 4.78 is 29.6. The van der Waals surface area contributed by atoms with Crippen LogP contribution < -0.4 is 37.3 Å². The summed E-state index contributed by atoms with van der Waals surface area (Å²) in [5.41, 5.74) is 22.3. The maximum absolute atomic E-state index is 13.9. The van der Waals surface area contributed by atoms with Crippen LogP contribution in [0.2, 0.25) is 0 Å². The number of allylic oxidation sites excluding steroid dienone is 2. The van der Waals surface area contributed by atoms with Crippen LogP contribution in [-0.4, -0.2) is 120 Å². The molecule has 23 heteroatoms. The Hall–Kier alpha value is -8.18. The first-order valence-corrected chi connectivity index (χ1v) is 23.0. The van der Waals surface area contributed by atoms with Crippen molar-refractivity contribution in [2.24, 2.45) is 17.2 Å². The lowest BCUT2D eigenvalue weighted by molar-refractivity contribution is -0.142. The van der Waals surface area contributed by atoms with Crippen molar-refractivity contribution in [3.05, 3.63) is 83.0 Å². The van der Waals surface area contributed by atoms with Gasteiger partial charge in [-0.25, -0.2) is 15.0 Å². The number of imidazole rings is 1. The predicted octanol–water partition coefficient (Wildman–Crippen LogP) is 3.55. The van der Waals surface area contributed by atoms with Crippen LogP contribution in [0.25, 0.3) is 44.5 Å². The maximum Gasteiger partial charge on any atom is 0.307 e. The molecule has 0 saturated heterocycles. The number of ether oxygens (including phenoxy) is 4. The third kappa shape index (κ3) is 11.3. The largest absolute Gasteiger partial charge is 0.491 e. The highest BCUT2D eigenvalue weighted by Crippen LogP contribution is 2.37. The highest BCUT2D eigenvalue weighted by Gasteiger charge is 2.24. The molecule has 0 aliphatic heterocycles. The summed E-state index contributed by atoms with van der Waals surface area (Å²) in [5.74, 6) is -1.75. The number of carbonyl (C=O) groups excluding carboxylic acids is 5. The van der Waals surface area contributed by atoms with Crippen LogP contribution in [0, 0.1) is 13.8 Å². The summed E-state index contributed by atoms with van der Waals surface area (Å²) in [5, 5.41) is 16.0. The number of esters is 1. The average Bonchev–Trinajstić information content (AvgIpc) is 4.11. The summed E-state index contributed by atoms with van der Waals surface area (Å²) in [6.07, 6.45) is 6.12. The van der Waals surface area contributed by atoms with E-state index in [1.165, 1.54) is 19.2 Å². The molecule has 71 heavy (non-hydrogen) atoms. The molecule has 0 radical (unpaired) electrons. The van der Waals surface area contributed by atoms with Crippen LogP contribution >= 0.6 is 0 Å². The minimum Gasteiger partial charge on any atom is -0.491 e. The zero-order chi connectivity index (χ0) is 50.9. The van der Waals surface area contributed by atoms with Crippen molar-refractivity contribution < 1.29 is 42.9 Å². The van der Waals surface area contributed by atoms with Crippen molar-refractivity contribution in [2.45, 2.75) is 79.2 Å². The molecule has 2 aromatic carbocycles. The number of nitrogens with two attached hydrogens (primary N) is 3. The Morgan fingerprint density at radius 2 is 1.41 bits per heavy atom. The number of hydrogen-bond donors (Lipinski definition) is 5. The Kier molecular flexibility index (Phi) is 16.1. The molecule has 0 aliphatic carbocycles. The molecule has 23 nitrogen and oxygen atoms in total. The number of rotatable bonds is 24. The number of aromatic nitrogens is 9. The zero-order valence-electron chi connectivity index (χ0n) is 40.5. The quantitative estimate of drug-likeness (QED) is 0.0329. The van der Waals surface area contributed by atoms with Crippen molar-refractivity contribution in [1.29, 1.82) is 0 Å². The summed E-state index contributed by atoms with van der Waals surface area (Å²) in [6.45, 7) is 9.90. The minimum atomic E-state index is -1.09. The topological polar surface area (TPSA) is 309 Å². The number of amides is 4. The first-order chi connectivity index (χ1) is 34.1. The fraction of sp³-hybridized carbons (Fsp3) is 0.375. The van der Waals surface area contributed by atoms with E-state index in [-0.39, 0.29) is 62.1 Å². The Labute approximate surface area is 407 Å². The second-order valence-electron chi connectivity index (χ2n) is 16.5. The summed E-state index contributed by atoms with van der Waals surface area (Å²) in [4.78, 5) is 78.0. The number of nitrogens with one attached hydrogen (secondary N) is 2. The standard InChI is InChI=1S/C48H58N14O9/c1-7-61-35(19-27(3)57-61)44-53-26-32-31-21-29(42(50)64)23-37(71-18-12-16-68-5)40(31)59(45(32)55-44)14-9-10-15-60-41-34(54-48(60)56-47(67)36-20-28(4)58-62(36)8-2)22-30(43(51)65)24-38(41)70-17-11-13-52-46(66)33(49)25-39(63)69-6/h9-10,19-24,26,33H,7-8,11-18,25,49H2,1-6H3,(H2,50,64)(H2,51,65)(H,52,66)(H,54,56,67)/b10-9+/t33-/m0/s1. The fourth-order valence-corrected chi connectivity index (χ4v) is 8.07. The van der Waals surface area contributed by atoms with E-state index in [1.807, 2.05) is 48.2 Å². The molecule has 1 atom stereocenters. The van der Waals surface area contributed by atoms with Crippen molar-refractivity contribution in [3.8, 4) is 23.0 Å². The Morgan fingerprint density at radius 1 is 0.761 bits per heavy atom. The van der Waals surface area contributed by atoms with E-state index in [0.717, 1.165) is 11.4 Å². The molecule has 0 aliphatic rings. The first-order valence-electron chi connectivity index (χ1n) is 23.0. The molecule has 374 valence electrons. The molecule has 4 amide bonds. The lowest BCUT2D eigenvalue weighted by Gasteiger charge is -2.14. The molecular weight excluding hydrogens is 917 g/mol. The van der Waals surface area contributed by atoms with E-state index < -0.39 is 35.6 Å². The van der Waals surface area contributed by atoms with Crippen molar-refractivity contribution in [3.63, 3.8) is 0 Å². The van der Waals surface area contributed by atoms with Gasteiger partial charge in [-0.1, -0.05) is 12.2 Å². The molecule has 5 aromatic heterocycles.